The quantitative estimate of drug-likeness (QED) is 0.474. The molecular weight excluding hydrogens is 328 g/mol. The lowest BCUT2D eigenvalue weighted by atomic mass is 10.2. The van der Waals surface area contributed by atoms with Crippen LogP contribution in [0.1, 0.15) is 5.82 Å². The summed E-state index contributed by atoms with van der Waals surface area (Å²) in [5.74, 6) is 1.47. The van der Waals surface area contributed by atoms with Gasteiger partial charge in [0.2, 0.25) is 11.9 Å². The summed E-state index contributed by atoms with van der Waals surface area (Å²) in [6.07, 6.45) is 1.85. The monoisotopic (exact) mass is 340 g/mol. The topological polar surface area (TPSA) is 145 Å². The lowest BCUT2D eigenvalue weighted by Crippen LogP contribution is -2.05. The molecule has 24 heavy (non-hydrogen) atoms. The van der Waals surface area contributed by atoms with Crippen molar-refractivity contribution < 1.29 is 4.42 Å². The Bertz CT molecular complexity index is 991. The normalized spacial score (nSPS) is 11.2. The smallest absolute Gasteiger partial charge is 0.277 e. The van der Waals surface area contributed by atoms with E-state index >= 15 is 0 Å². The molecule has 0 atom stereocenters. The number of anilines is 2. The number of nitrogen functional groups attached to an aromatic ring is 2. The van der Waals surface area contributed by atoms with Crippen LogP contribution < -0.4 is 11.5 Å². The third-order valence-corrected chi connectivity index (χ3v) is 4.08. The molecule has 4 aromatic rings. The number of aromatic amines is 1. The number of thioether (sulfide) groups is 1. The van der Waals surface area contributed by atoms with Gasteiger partial charge in [-0.25, -0.2) is 0 Å². The predicted octanol–water partition coefficient (Wildman–Crippen LogP) is 1.86. The van der Waals surface area contributed by atoms with Crippen molar-refractivity contribution in [3.63, 3.8) is 0 Å². The van der Waals surface area contributed by atoms with E-state index < -0.39 is 0 Å². The number of benzene rings is 1. The molecule has 0 aliphatic carbocycles. The Hall–Kier alpha value is -3.14. The Morgan fingerprint density at radius 1 is 1.04 bits per heavy atom. The molecule has 120 valence electrons. The van der Waals surface area contributed by atoms with E-state index in [1.807, 2.05) is 30.5 Å². The van der Waals surface area contributed by atoms with E-state index in [4.69, 9.17) is 15.9 Å². The SMILES string of the molecule is Nc1nc(N)nc(CSc2nnc(-c3c[nH]c4ccccc34)o2)n1. The fraction of sp³-hybridized carbons (Fsp3) is 0.0714. The average molecular weight is 340 g/mol. The summed E-state index contributed by atoms with van der Waals surface area (Å²) in [5.41, 5.74) is 13.0. The number of H-pyrrole nitrogens is 1. The predicted molar refractivity (Wildman–Crippen MR) is 89.8 cm³/mol. The molecule has 0 unspecified atom stereocenters. The van der Waals surface area contributed by atoms with E-state index in [0.29, 0.717) is 22.7 Å². The number of hydrogen-bond acceptors (Lipinski definition) is 9. The first-order valence-corrected chi connectivity index (χ1v) is 7.96. The standard InChI is InChI=1S/C14H12N8OS/c15-12-18-10(19-13(16)20-12)6-24-14-22-21-11(23-14)8-5-17-9-4-2-1-3-7(8)9/h1-5,17H,6H2,(H4,15,16,18,19,20). The van der Waals surface area contributed by atoms with Crippen LogP contribution in [0.15, 0.2) is 40.1 Å². The van der Waals surface area contributed by atoms with Gasteiger partial charge in [-0.1, -0.05) is 30.0 Å². The number of aromatic nitrogens is 6. The molecule has 4 rings (SSSR count). The molecule has 3 aromatic heterocycles. The van der Waals surface area contributed by atoms with Gasteiger partial charge in [0.25, 0.3) is 11.1 Å². The maximum absolute atomic E-state index is 5.71. The molecule has 0 aliphatic heterocycles. The van der Waals surface area contributed by atoms with E-state index in [-0.39, 0.29) is 11.9 Å². The lowest BCUT2D eigenvalue weighted by Gasteiger charge is -1.99. The van der Waals surface area contributed by atoms with Gasteiger partial charge in [0.1, 0.15) is 5.82 Å². The third kappa shape index (κ3) is 2.74. The zero-order valence-corrected chi connectivity index (χ0v) is 13.1. The van der Waals surface area contributed by atoms with Crippen molar-refractivity contribution in [2.24, 2.45) is 0 Å². The Kier molecular flexibility index (Phi) is 3.50. The van der Waals surface area contributed by atoms with Crippen LogP contribution in [0.3, 0.4) is 0 Å². The fourth-order valence-electron chi connectivity index (χ4n) is 2.27. The highest BCUT2D eigenvalue weighted by molar-refractivity contribution is 7.98. The van der Waals surface area contributed by atoms with Gasteiger partial charge in [0, 0.05) is 17.1 Å². The minimum Gasteiger partial charge on any atom is -0.411 e. The second-order valence-electron chi connectivity index (χ2n) is 4.88. The summed E-state index contributed by atoms with van der Waals surface area (Å²) in [6.45, 7) is 0. The number of hydrogen-bond donors (Lipinski definition) is 3. The molecule has 10 heteroatoms. The first-order valence-electron chi connectivity index (χ1n) is 6.98. The Morgan fingerprint density at radius 2 is 1.83 bits per heavy atom. The molecule has 0 bridgehead atoms. The molecule has 0 fully saturated rings. The fourth-order valence-corrected chi connectivity index (χ4v) is 2.89. The van der Waals surface area contributed by atoms with Crippen molar-refractivity contribution in [2.45, 2.75) is 11.0 Å². The van der Waals surface area contributed by atoms with Crippen molar-refractivity contribution in [1.82, 2.24) is 30.1 Å². The van der Waals surface area contributed by atoms with Crippen LogP contribution >= 0.6 is 11.8 Å². The Labute approximate surface area is 139 Å². The first-order chi connectivity index (χ1) is 11.7. The molecule has 0 spiro atoms. The van der Waals surface area contributed by atoms with Crippen LogP contribution in [0, 0.1) is 0 Å². The van der Waals surface area contributed by atoms with E-state index in [2.05, 4.69) is 30.1 Å². The lowest BCUT2D eigenvalue weighted by molar-refractivity contribution is 0.466. The van der Waals surface area contributed by atoms with Crippen LogP contribution in [0.25, 0.3) is 22.4 Å². The molecule has 9 nitrogen and oxygen atoms in total. The minimum absolute atomic E-state index is 0.0862. The van der Waals surface area contributed by atoms with Crippen molar-refractivity contribution in [3.05, 3.63) is 36.3 Å². The number of para-hydroxylation sites is 1. The molecule has 1 aromatic carbocycles. The van der Waals surface area contributed by atoms with Crippen molar-refractivity contribution in [2.75, 3.05) is 11.5 Å². The molecule has 0 aliphatic rings. The van der Waals surface area contributed by atoms with Crippen LogP contribution in [0.4, 0.5) is 11.9 Å². The second kappa shape index (κ2) is 5.81. The van der Waals surface area contributed by atoms with Crippen LogP contribution in [-0.4, -0.2) is 30.1 Å². The highest BCUT2D eigenvalue weighted by atomic mass is 32.2. The van der Waals surface area contributed by atoms with Gasteiger partial charge in [-0.15, -0.1) is 10.2 Å². The van der Waals surface area contributed by atoms with Crippen LogP contribution in [0.2, 0.25) is 0 Å². The van der Waals surface area contributed by atoms with Gasteiger partial charge < -0.3 is 20.9 Å². The van der Waals surface area contributed by atoms with Gasteiger partial charge in [-0.2, -0.15) is 15.0 Å². The number of nitrogens with zero attached hydrogens (tertiary/aromatic N) is 5. The van der Waals surface area contributed by atoms with Gasteiger partial charge in [-0.3, -0.25) is 0 Å². The zero-order valence-electron chi connectivity index (χ0n) is 12.3. The summed E-state index contributed by atoms with van der Waals surface area (Å²) in [7, 11) is 0. The summed E-state index contributed by atoms with van der Waals surface area (Å²) in [4.78, 5) is 14.9. The number of nitrogens with two attached hydrogens (primary N) is 2. The zero-order chi connectivity index (χ0) is 16.5. The van der Waals surface area contributed by atoms with Crippen LogP contribution in [-0.2, 0) is 5.75 Å². The number of fused-ring (bicyclic) bond motifs is 1. The molecule has 3 heterocycles. The van der Waals surface area contributed by atoms with E-state index in [9.17, 15) is 0 Å². The van der Waals surface area contributed by atoms with Crippen molar-refractivity contribution in [3.8, 4) is 11.5 Å². The summed E-state index contributed by atoms with van der Waals surface area (Å²) in [5, 5.41) is 9.57. The highest BCUT2D eigenvalue weighted by Crippen LogP contribution is 2.30. The molecule has 0 saturated heterocycles. The maximum Gasteiger partial charge on any atom is 0.277 e. The second-order valence-corrected chi connectivity index (χ2v) is 5.80. The van der Waals surface area contributed by atoms with Gasteiger partial charge in [0.05, 0.1) is 11.3 Å². The molecule has 0 amide bonds. The Morgan fingerprint density at radius 3 is 2.67 bits per heavy atom. The molecule has 0 radical (unpaired) electrons. The largest absolute Gasteiger partial charge is 0.411 e. The van der Waals surface area contributed by atoms with Gasteiger partial charge in [0.15, 0.2) is 0 Å². The van der Waals surface area contributed by atoms with E-state index in [1.165, 1.54) is 11.8 Å². The van der Waals surface area contributed by atoms with Gasteiger partial charge >= 0.3 is 0 Å². The summed E-state index contributed by atoms with van der Waals surface area (Å²) in [6, 6.07) is 7.90. The van der Waals surface area contributed by atoms with E-state index in [1.54, 1.807) is 0 Å². The molecule has 5 N–H and O–H groups in total. The van der Waals surface area contributed by atoms with Crippen molar-refractivity contribution in [1.29, 1.82) is 0 Å². The Balaban J connectivity index is 1.54. The summed E-state index contributed by atoms with van der Waals surface area (Å²) < 4.78 is 5.71. The van der Waals surface area contributed by atoms with Gasteiger partial charge in [-0.05, 0) is 6.07 Å². The summed E-state index contributed by atoms with van der Waals surface area (Å²) >= 11 is 1.30. The first kappa shape index (κ1) is 14.5. The number of rotatable bonds is 4. The number of nitrogens with one attached hydrogen (secondary N) is 1. The average Bonchev–Trinajstić information content (AvgIpc) is 3.18. The third-order valence-electron chi connectivity index (χ3n) is 3.27. The van der Waals surface area contributed by atoms with Crippen molar-refractivity contribution >= 4 is 34.6 Å². The molecular formula is C14H12N8OS. The highest BCUT2D eigenvalue weighted by Gasteiger charge is 2.14. The molecule has 0 saturated carbocycles. The minimum atomic E-state index is 0.0862. The maximum atomic E-state index is 5.71. The van der Waals surface area contributed by atoms with E-state index in [0.717, 1.165) is 16.5 Å². The van der Waals surface area contributed by atoms with Crippen LogP contribution in [0.5, 0.6) is 0 Å².